The van der Waals surface area contributed by atoms with Crippen LogP contribution >= 0.6 is 12.6 Å². The molecule has 2 aromatic rings. The summed E-state index contributed by atoms with van der Waals surface area (Å²) >= 11 is 3.95. The standard InChI is InChI=1S/C14H12FNO2S/c1-18-12-5-3-2-4-11(12)16-14(17)9-6-7-10(15)13(19)8-9/h2-8,19H,1H3,(H,16,17). The molecule has 0 spiro atoms. The number of halogens is 1. The van der Waals surface area contributed by atoms with Crippen molar-refractivity contribution >= 4 is 24.2 Å². The van der Waals surface area contributed by atoms with Crippen molar-refractivity contribution in [2.45, 2.75) is 4.90 Å². The summed E-state index contributed by atoms with van der Waals surface area (Å²) in [6, 6.07) is 11.0. The van der Waals surface area contributed by atoms with E-state index in [1.54, 1.807) is 24.3 Å². The number of hydrogen-bond donors (Lipinski definition) is 2. The van der Waals surface area contributed by atoms with E-state index in [0.29, 0.717) is 17.0 Å². The third-order valence-electron chi connectivity index (χ3n) is 2.56. The van der Waals surface area contributed by atoms with Gasteiger partial charge in [0.25, 0.3) is 5.91 Å². The van der Waals surface area contributed by atoms with E-state index in [2.05, 4.69) is 17.9 Å². The van der Waals surface area contributed by atoms with Crippen LogP contribution in [0.4, 0.5) is 10.1 Å². The van der Waals surface area contributed by atoms with E-state index < -0.39 is 5.82 Å². The van der Waals surface area contributed by atoms with Crippen LogP contribution < -0.4 is 10.1 Å². The fourth-order valence-corrected chi connectivity index (χ4v) is 1.81. The molecule has 0 fully saturated rings. The molecular weight excluding hydrogens is 265 g/mol. The van der Waals surface area contributed by atoms with Crippen LogP contribution in [-0.2, 0) is 0 Å². The zero-order chi connectivity index (χ0) is 13.8. The number of ether oxygens (including phenoxy) is 1. The van der Waals surface area contributed by atoms with Gasteiger partial charge in [-0.1, -0.05) is 12.1 Å². The van der Waals surface area contributed by atoms with Gasteiger partial charge in [0.15, 0.2) is 0 Å². The molecule has 0 aliphatic heterocycles. The van der Waals surface area contributed by atoms with Crippen molar-refractivity contribution in [1.82, 2.24) is 0 Å². The van der Waals surface area contributed by atoms with Crippen molar-refractivity contribution in [3.05, 3.63) is 53.8 Å². The van der Waals surface area contributed by atoms with E-state index in [1.807, 2.05) is 0 Å². The van der Waals surface area contributed by atoms with Crippen LogP contribution in [0.1, 0.15) is 10.4 Å². The zero-order valence-electron chi connectivity index (χ0n) is 10.2. The number of anilines is 1. The first-order valence-electron chi connectivity index (χ1n) is 5.54. The van der Waals surface area contributed by atoms with Crippen LogP contribution in [0, 0.1) is 5.82 Å². The van der Waals surface area contributed by atoms with E-state index in [0.717, 1.165) is 0 Å². The Balaban J connectivity index is 2.23. The van der Waals surface area contributed by atoms with Gasteiger partial charge >= 0.3 is 0 Å². The second kappa shape index (κ2) is 5.75. The topological polar surface area (TPSA) is 38.3 Å². The lowest BCUT2D eigenvalue weighted by Gasteiger charge is -2.10. The summed E-state index contributed by atoms with van der Waals surface area (Å²) in [5.74, 6) is -0.249. The van der Waals surface area contributed by atoms with E-state index in [4.69, 9.17) is 4.74 Å². The molecule has 0 aromatic heterocycles. The first kappa shape index (κ1) is 13.4. The Bertz CT molecular complexity index is 616. The van der Waals surface area contributed by atoms with E-state index in [9.17, 15) is 9.18 Å². The van der Waals surface area contributed by atoms with Crippen LogP contribution in [0.15, 0.2) is 47.4 Å². The molecule has 19 heavy (non-hydrogen) atoms. The highest BCUT2D eigenvalue weighted by Gasteiger charge is 2.10. The van der Waals surface area contributed by atoms with Gasteiger partial charge < -0.3 is 10.1 Å². The highest BCUT2D eigenvalue weighted by Crippen LogP contribution is 2.24. The number of nitrogens with one attached hydrogen (secondary N) is 1. The largest absolute Gasteiger partial charge is 0.495 e. The van der Waals surface area contributed by atoms with Gasteiger partial charge in [-0.2, -0.15) is 0 Å². The monoisotopic (exact) mass is 277 g/mol. The third kappa shape index (κ3) is 3.06. The molecule has 0 heterocycles. The number of hydrogen-bond acceptors (Lipinski definition) is 3. The lowest BCUT2D eigenvalue weighted by atomic mass is 10.2. The third-order valence-corrected chi connectivity index (χ3v) is 2.91. The van der Waals surface area contributed by atoms with E-state index in [-0.39, 0.29) is 10.8 Å². The SMILES string of the molecule is COc1ccccc1NC(=O)c1ccc(F)c(S)c1. The summed E-state index contributed by atoms with van der Waals surface area (Å²) in [5.41, 5.74) is 0.886. The van der Waals surface area contributed by atoms with Gasteiger partial charge in [0.2, 0.25) is 0 Å². The molecule has 0 saturated carbocycles. The second-order valence-corrected chi connectivity index (χ2v) is 4.30. The van der Waals surface area contributed by atoms with Gasteiger partial charge in [0.05, 0.1) is 12.8 Å². The highest BCUT2D eigenvalue weighted by atomic mass is 32.1. The predicted octanol–water partition coefficient (Wildman–Crippen LogP) is 3.38. The average Bonchev–Trinajstić information content (AvgIpc) is 2.42. The second-order valence-electron chi connectivity index (χ2n) is 3.82. The quantitative estimate of drug-likeness (QED) is 0.844. The summed E-state index contributed by atoms with van der Waals surface area (Å²) < 4.78 is 18.2. The maximum Gasteiger partial charge on any atom is 0.255 e. The minimum Gasteiger partial charge on any atom is -0.495 e. The Labute approximate surface area is 115 Å². The Morgan fingerprint density at radius 3 is 2.68 bits per heavy atom. The van der Waals surface area contributed by atoms with Crippen LogP contribution in [0.5, 0.6) is 5.75 Å². The lowest BCUT2D eigenvalue weighted by Crippen LogP contribution is -2.12. The van der Waals surface area contributed by atoms with Crippen molar-refractivity contribution in [2.75, 3.05) is 12.4 Å². The molecule has 0 aliphatic rings. The van der Waals surface area contributed by atoms with Crippen molar-refractivity contribution in [3.8, 4) is 5.75 Å². The molecule has 5 heteroatoms. The van der Waals surface area contributed by atoms with E-state index in [1.165, 1.54) is 25.3 Å². The highest BCUT2D eigenvalue weighted by molar-refractivity contribution is 7.80. The normalized spacial score (nSPS) is 10.1. The number of thiol groups is 1. The zero-order valence-corrected chi connectivity index (χ0v) is 11.1. The van der Waals surface area contributed by atoms with Crippen molar-refractivity contribution in [2.24, 2.45) is 0 Å². The van der Waals surface area contributed by atoms with Crippen molar-refractivity contribution in [1.29, 1.82) is 0 Å². The van der Waals surface area contributed by atoms with Crippen LogP contribution in [0.2, 0.25) is 0 Å². The fraction of sp³-hybridized carbons (Fsp3) is 0.0714. The summed E-state index contributed by atoms with van der Waals surface area (Å²) in [7, 11) is 1.52. The minimum atomic E-state index is -0.461. The minimum absolute atomic E-state index is 0.132. The number of rotatable bonds is 3. The summed E-state index contributed by atoms with van der Waals surface area (Å²) in [4.78, 5) is 12.2. The number of carbonyl (C=O) groups excluding carboxylic acids is 1. The van der Waals surface area contributed by atoms with E-state index >= 15 is 0 Å². The molecule has 0 bridgehead atoms. The van der Waals surface area contributed by atoms with Gasteiger partial charge in [-0.15, -0.1) is 12.6 Å². The predicted molar refractivity (Wildman–Crippen MR) is 74.6 cm³/mol. The number of methoxy groups -OCH3 is 1. The van der Waals surface area contributed by atoms with Crippen LogP contribution in [-0.4, -0.2) is 13.0 Å². The molecule has 0 radical (unpaired) electrons. The summed E-state index contributed by atoms with van der Waals surface area (Å²) in [6.07, 6.45) is 0. The van der Waals surface area contributed by atoms with Crippen LogP contribution in [0.25, 0.3) is 0 Å². The van der Waals surface area contributed by atoms with Gasteiger partial charge in [-0.3, -0.25) is 4.79 Å². The Morgan fingerprint density at radius 2 is 2.00 bits per heavy atom. The molecule has 1 amide bonds. The smallest absolute Gasteiger partial charge is 0.255 e. The fourth-order valence-electron chi connectivity index (χ4n) is 1.60. The first-order chi connectivity index (χ1) is 9.11. The van der Waals surface area contributed by atoms with Gasteiger partial charge in [0.1, 0.15) is 11.6 Å². The number of para-hydroxylation sites is 2. The van der Waals surface area contributed by atoms with Crippen molar-refractivity contribution < 1.29 is 13.9 Å². The van der Waals surface area contributed by atoms with Gasteiger partial charge in [-0.05, 0) is 30.3 Å². The molecule has 2 aromatic carbocycles. The first-order valence-corrected chi connectivity index (χ1v) is 5.99. The van der Waals surface area contributed by atoms with Crippen molar-refractivity contribution in [3.63, 3.8) is 0 Å². The van der Waals surface area contributed by atoms with Gasteiger partial charge in [0, 0.05) is 10.5 Å². The maximum atomic E-state index is 13.1. The molecule has 98 valence electrons. The average molecular weight is 277 g/mol. The molecule has 0 atom stereocenters. The summed E-state index contributed by atoms with van der Waals surface area (Å²) in [6.45, 7) is 0. The lowest BCUT2D eigenvalue weighted by molar-refractivity contribution is 0.102. The number of amides is 1. The Kier molecular flexibility index (Phi) is 4.06. The molecule has 1 N–H and O–H groups in total. The Morgan fingerprint density at radius 1 is 1.26 bits per heavy atom. The Hall–Kier alpha value is -2.01. The van der Waals surface area contributed by atoms with Gasteiger partial charge in [-0.25, -0.2) is 4.39 Å². The molecular formula is C14H12FNO2S. The molecule has 0 aliphatic carbocycles. The number of carbonyl (C=O) groups is 1. The summed E-state index contributed by atoms with van der Waals surface area (Å²) in [5, 5.41) is 2.70. The molecule has 2 rings (SSSR count). The van der Waals surface area contributed by atoms with Crippen LogP contribution in [0.3, 0.4) is 0 Å². The molecule has 3 nitrogen and oxygen atoms in total. The number of benzene rings is 2. The molecule has 0 saturated heterocycles. The molecule has 0 unspecified atom stereocenters. The maximum absolute atomic E-state index is 13.1.